The topological polar surface area (TPSA) is 35.6 Å². The second kappa shape index (κ2) is 8.93. The molecule has 148 valence electrons. The molecule has 0 aliphatic carbocycles. The number of piperazine rings is 1. The zero-order chi connectivity index (χ0) is 20.1. The SMILES string of the molecule is Cc1ccccc1C(=O)Nc1ccc(N2CCN(Cc3ccccc3)CC2)cc1. The van der Waals surface area contributed by atoms with Crippen LogP contribution in [0.15, 0.2) is 78.9 Å². The third-order valence-electron chi connectivity index (χ3n) is 5.50. The predicted octanol–water partition coefficient (Wildman–Crippen LogP) is 4.57. The Labute approximate surface area is 172 Å². The van der Waals surface area contributed by atoms with Crippen LogP contribution in [0, 0.1) is 6.92 Å². The van der Waals surface area contributed by atoms with Gasteiger partial charge in [-0.3, -0.25) is 9.69 Å². The molecule has 3 aromatic carbocycles. The second-order valence-corrected chi connectivity index (χ2v) is 7.56. The molecule has 0 spiro atoms. The Morgan fingerprint density at radius 1 is 0.828 bits per heavy atom. The van der Waals surface area contributed by atoms with Crippen molar-refractivity contribution in [1.29, 1.82) is 0 Å². The third kappa shape index (κ3) is 4.84. The van der Waals surface area contributed by atoms with E-state index in [0.717, 1.165) is 44.0 Å². The van der Waals surface area contributed by atoms with Crippen molar-refractivity contribution in [3.8, 4) is 0 Å². The number of carbonyl (C=O) groups is 1. The van der Waals surface area contributed by atoms with Crippen molar-refractivity contribution in [3.05, 3.63) is 95.6 Å². The zero-order valence-electron chi connectivity index (χ0n) is 16.8. The number of nitrogens with zero attached hydrogens (tertiary/aromatic N) is 2. The summed E-state index contributed by atoms with van der Waals surface area (Å²) in [5.41, 5.74) is 5.10. The molecule has 0 bridgehead atoms. The molecular formula is C25H27N3O. The number of carbonyl (C=O) groups excluding carboxylic acids is 1. The number of amides is 1. The lowest BCUT2D eigenvalue weighted by Gasteiger charge is -2.36. The average Bonchev–Trinajstić information content (AvgIpc) is 2.76. The van der Waals surface area contributed by atoms with Crippen LogP contribution in [0.1, 0.15) is 21.5 Å². The van der Waals surface area contributed by atoms with E-state index in [2.05, 4.69) is 57.6 Å². The van der Waals surface area contributed by atoms with Crippen LogP contribution in [-0.2, 0) is 6.54 Å². The molecule has 4 rings (SSSR count). The molecule has 29 heavy (non-hydrogen) atoms. The van der Waals surface area contributed by atoms with Crippen LogP contribution < -0.4 is 10.2 Å². The van der Waals surface area contributed by atoms with Gasteiger partial charge in [-0.2, -0.15) is 0 Å². The number of rotatable bonds is 5. The van der Waals surface area contributed by atoms with E-state index in [1.165, 1.54) is 11.3 Å². The Kier molecular flexibility index (Phi) is 5.92. The minimum atomic E-state index is -0.0645. The Hall–Kier alpha value is -3.11. The minimum absolute atomic E-state index is 0.0645. The molecule has 1 amide bonds. The first kappa shape index (κ1) is 19.2. The van der Waals surface area contributed by atoms with Gasteiger partial charge in [0, 0.05) is 49.7 Å². The summed E-state index contributed by atoms with van der Waals surface area (Å²) in [7, 11) is 0. The van der Waals surface area contributed by atoms with E-state index in [4.69, 9.17) is 0 Å². The summed E-state index contributed by atoms with van der Waals surface area (Å²) in [6, 6.07) is 26.5. The lowest BCUT2D eigenvalue weighted by molar-refractivity contribution is 0.102. The number of hydrogen-bond donors (Lipinski definition) is 1. The Bertz CT molecular complexity index is 945. The van der Waals surface area contributed by atoms with Crippen LogP contribution in [-0.4, -0.2) is 37.0 Å². The first-order valence-electron chi connectivity index (χ1n) is 10.2. The van der Waals surface area contributed by atoms with Gasteiger partial charge >= 0.3 is 0 Å². The van der Waals surface area contributed by atoms with E-state index < -0.39 is 0 Å². The van der Waals surface area contributed by atoms with E-state index >= 15 is 0 Å². The number of benzene rings is 3. The molecule has 4 heteroatoms. The maximum atomic E-state index is 12.5. The molecule has 0 saturated carbocycles. The van der Waals surface area contributed by atoms with Gasteiger partial charge in [0.2, 0.25) is 0 Å². The van der Waals surface area contributed by atoms with Crippen molar-refractivity contribution in [3.63, 3.8) is 0 Å². The minimum Gasteiger partial charge on any atom is -0.369 e. The van der Waals surface area contributed by atoms with Gasteiger partial charge in [-0.25, -0.2) is 0 Å². The van der Waals surface area contributed by atoms with Crippen molar-refractivity contribution in [2.24, 2.45) is 0 Å². The summed E-state index contributed by atoms with van der Waals surface area (Å²) in [4.78, 5) is 17.4. The van der Waals surface area contributed by atoms with E-state index in [1.54, 1.807) is 0 Å². The lowest BCUT2D eigenvalue weighted by atomic mass is 10.1. The summed E-state index contributed by atoms with van der Waals surface area (Å²) < 4.78 is 0. The van der Waals surface area contributed by atoms with Crippen LogP contribution in [0.3, 0.4) is 0 Å². The van der Waals surface area contributed by atoms with E-state index in [0.29, 0.717) is 5.56 Å². The Morgan fingerprint density at radius 2 is 1.48 bits per heavy atom. The normalized spacial score (nSPS) is 14.6. The van der Waals surface area contributed by atoms with Crippen molar-refractivity contribution in [1.82, 2.24) is 4.90 Å². The second-order valence-electron chi connectivity index (χ2n) is 7.56. The summed E-state index contributed by atoms with van der Waals surface area (Å²) >= 11 is 0. The van der Waals surface area contributed by atoms with Crippen molar-refractivity contribution in [2.75, 3.05) is 36.4 Å². The highest BCUT2D eigenvalue weighted by atomic mass is 16.1. The Morgan fingerprint density at radius 3 is 2.17 bits per heavy atom. The van der Waals surface area contributed by atoms with Gasteiger partial charge in [0.25, 0.3) is 5.91 Å². The molecule has 4 nitrogen and oxygen atoms in total. The summed E-state index contributed by atoms with van der Waals surface area (Å²) in [5, 5.41) is 3.00. The quantitative estimate of drug-likeness (QED) is 0.699. The molecular weight excluding hydrogens is 358 g/mol. The number of hydrogen-bond acceptors (Lipinski definition) is 3. The molecule has 1 fully saturated rings. The van der Waals surface area contributed by atoms with E-state index in [9.17, 15) is 4.79 Å². The van der Waals surface area contributed by atoms with E-state index in [-0.39, 0.29) is 5.91 Å². The fourth-order valence-electron chi connectivity index (χ4n) is 3.79. The van der Waals surface area contributed by atoms with Crippen molar-refractivity contribution >= 4 is 17.3 Å². The largest absolute Gasteiger partial charge is 0.369 e. The van der Waals surface area contributed by atoms with Crippen molar-refractivity contribution < 1.29 is 4.79 Å². The fourth-order valence-corrected chi connectivity index (χ4v) is 3.79. The molecule has 0 unspecified atom stereocenters. The number of nitrogens with one attached hydrogen (secondary N) is 1. The molecule has 1 heterocycles. The summed E-state index contributed by atoms with van der Waals surface area (Å²) in [6.45, 7) is 7.11. The first-order chi connectivity index (χ1) is 14.2. The molecule has 0 aromatic heterocycles. The van der Waals surface area contributed by atoms with Crippen LogP contribution in [0.4, 0.5) is 11.4 Å². The smallest absolute Gasteiger partial charge is 0.255 e. The highest BCUT2D eigenvalue weighted by Crippen LogP contribution is 2.21. The maximum absolute atomic E-state index is 12.5. The van der Waals surface area contributed by atoms with Crippen molar-refractivity contribution in [2.45, 2.75) is 13.5 Å². The Balaban J connectivity index is 1.32. The molecule has 1 aliphatic rings. The first-order valence-corrected chi connectivity index (χ1v) is 10.2. The lowest BCUT2D eigenvalue weighted by Crippen LogP contribution is -2.45. The van der Waals surface area contributed by atoms with Gasteiger partial charge in [-0.15, -0.1) is 0 Å². The number of aryl methyl sites for hydroxylation is 1. The molecule has 0 atom stereocenters. The zero-order valence-corrected chi connectivity index (χ0v) is 16.8. The highest BCUT2D eigenvalue weighted by molar-refractivity contribution is 6.05. The van der Waals surface area contributed by atoms with Gasteiger partial charge in [-0.1, -0.05) is 48.5 Å². The number of anilines is 2. The van der Waals surface area contributed by atoms with Gasteiger partial charge in [0.15, 0.2) is 0 Å². The standard InChI is InChI=1S/C25H27N3O/c1-20-7-5-6-10-24(20)25(29)26-22-11-13-23(14-12-22)28-17-15-27(16-18-28)19-21-8-3-2-4-9-21/h2-14H,15-19H2,1H3,(H,26,29). The van der Waals surface area contributed by atoms with Gasteiger partial charge in [-0.05, 0) is 48.4 Å². The predicted molar refractivity (Wildman–Crippen MR) is 120 cm³/mol. The summed E-state index contributed by atoms with van der Waals surface area (Å²) in [6.07, 6.45) is 0. The molecule has 1 N–H and O–H groups in total. The fraction of sp³-hybridized carbons (Fsp3) is 0.240. The third-order valence-corrected chi connectivity index (χ3v) is 5.50. The van der Waals surface area contributed by atoms with Crippen LogP contribution >= 0.6 is 0 Å². The van der Waals surface area contributed by atoms with E-state index in [1.807, 2.05) is 43.3 Å². The van der Waals surface area contributed by atoms with Crippen LogP contribution in [0.25, 0.3) is 0 Å². The molecule has 1 aliphatic heterocycles. The average molecular weight is 386 g/mol. The van der Waals surface area contributed by atoms with Crippen LogP contribution in [0.5, 0.6) is 0 Å². The monoisotopic (exact) mass is 385 g/mol. The maximum Gasteiger partial charge on any atom is 0.255 e. The molecule has 1 saturated heterocycles. The molecule has 3 aromatic rings. The van der Waals surface area contributed by atoms with Gasteiger partial charge in [0.1, 0.15) is 0 Å². The van der Waals surface area contributed by atoms with Gasteiger partial charge < -0.3 is 10.2 Å². The molecule has 0 radical (unpaired) electrons. The van der Waals surface area contributed by atoms with Crippen LogP contribution in [0.2, 0.25) is 0 Å². The highest BCUT2D eigenvalue weighted by Gasteiger charge is 2.17. The summed E-state index contributed by atoms with van der Waals surface area (Å²) in [5.74, 6) is -0.0645. The van der Waals surface area contributed by atoms with Gasteiger partial charge in [0.05, 0.1) is 0 Å².